The highest BCUT2D eigenvalue weighted by molar-refractivity contribution is 14.0. The minimum atomic E-state index is 0. The summed E-state index contributed by atoms with van der Waals surface area (Å²) < 4.78 is 0. The molecule has 0 radical (unpaired) electrons. The second-order valence-electron chi connectivity index (χ2n) is 4.20. The predicted octanol–water partition coefficient (Wildman–Crippen LogP) is 1.39. The number of rotatable bonds is 3. The molecular formula is C11H19IN4S. The van der Waals surface area contributed by atoms with Crippen molar-refractivity contribution in [2.24, 2.45) is 16.5 Å². The van der Waals surface area contributed by atoms with Crippen molar-refractivity contribution in [1.29, 1.82) is 0 Å². The maximum Gasteiger partial charge on any atom is 0.185 e. The molecule has 2 rings (SSSR count). The van der Waals surface area contributed by atoms with Gasteiger partial charge in [0.05, 0.1) is 6.54 Å². The van der Waals surface area contributed by atoms with E-state index in [4.69, 9.17) is 11.5 Å². The van der Waals surface area contributed by atoms with Gasteiger partial charge in [-0.2, -0.15) is 0 Å². The zero-order chi connectivity index (χ0) is 11.5. The number of nitrogens with zero attached hydrogens (tertiary/aromatic N) is 2. The second-order valence-corrected chi connectivity index (χ2v) is 5.20. The maximum atomic E-state index is 5.34. The summed E-state index contributed by atoms with van der Waals surface area (Å²) in [5.74, 6) is 0.181. The molecular weight excluding hydrogens is 347 g/mol. The van der Waals surface area contributed by atoms with Crippen LogP contribution in [0.1, 0.15) is 17.4 Å². The molecule has 1 unspecified atom stereocenters. The van der Waals surface area contributed by atoms with Crippen LogP contribution in [0.4, 0.5) is 0 Å². The summed E-state index contributed by atoms with van der Waals surface area (Å²) >= 11 is 1.86. The van der Waals surface area contributed by atoms with Crippen molar-refractivity contribution in [3.05, 3.63) is 21.9 Å². The molecule has 1 aliphatic heterocycles. The number of aliphatic imine (C=N–C) groups is 1. The van der Waals surface area contributed by atoms with Crippen molar-refractivity contribution < 1.29 is 0 Å². The van der Waals surface area contributed by atoms with E-state index in [0.717, 1.165) is 19.5 Å². The third-order valence-electron chi connectivity index (χ3n) is 3.00. The monoisotopic (exact) mass is 366 g/mol. The average molecular weight is 366 g/mol. The van der Waals surface area contributed by atoms with Crippen LogP contribution in [0.3, 0.4) is 0 Å². The molecule has 0 aliphatic carbocycles. The Morgan fingerprint density at radius 3 is 3.06 bits per heavy atom. The van der Waals surface area contributed by atoms with Gasteiger partial charge in [-0.3, -0.25) is 9.89 Å². The standard InChI is InChI=1S/C11H18N4S.HI/c1-8(6-14-11(12)13)15-4-2-10-9(7-15)3-5-16-10;/h3,5,8H,2,4,6-7H2,1H3,(H4,12,13,14);1H. The smallest absolute Gasteiger partial charge is 0.185 e. The lowest BCUT2D eigenvalue weighted by atomic mass is 10.1. The van der Waals surface area contributed by atoms with Gasteiger partial charge in [-0.25, -0.2) is 0 Å². The lowest BCUT2D eigenvalue weighted by molar-refractivity contribution is 0.197. The van der Waals surface area contributed by atoms with E-state index < -0.39 is 0 Å². The highest BCUT2D eigenvalue weighted by Crippen LogP contribution is 2.25. The van der Waals surface area contributed by atoms with Gasteiger partial charge >= 0.3 is 0 Å². The largest absolute Gasteiger partial charge is 0.370 e. The highest BCUT2D eigenvalue weighted by Gasteiger charge is 2.20. The third kappa shape index (κ3) is 3.82. The van der Waals surface area contributed by atoms with Gasteiger partial charge in [0.2, 0.25) is 0 Å². The van der Waals surface area contributed by atoms with Crippen LogP contribution in [-0.2, 0) is 13.0 Å². The molecule has 1 atom stereocenters. The quantitative estimate of drug-likeness (QED) is 0.483. The predicted molar refractivity (Wildman–Crippen MR) is 84.0 cm³/mol. The minimum absolute atomic E-state index is 0. The Balaban J connectivity index is 0.00000144. The first-order valence-electron chi connectivity index (χ1n) is 5.51. The van der Waals surface area contributed by atoms with Crippen molar-refractivity contribution in [3.8, 4) is 0 Å². The van der Waals surface area contributed by atoms with E-state index in [1.54, 1.807) is 0 Å². The van der Waals surface area contributed by atoms with Gasteiger partial charge < -0.3 is 11.5 Å². The van der Waals surface area contributed by atoms with Crippen molar-refractivity contribution in [2.45, 2.75) is 25.9 Å². The molecule has 17 heavy (non-hydrogen) atoms. The molecule has 1 aliphatic rings. The molecule has 0 fully saturated rings. The molecule has 0 saturated heterocycles. The normalized spacial score (nSPS) is 16.8. The van der Waals surface area contributed by atoms with Gasteiger partial charge in [0, 0.05) is 24.0 Å². The first-order valence-corrected chi connectivity index (χ1v) is 6.39. The molecule has 1 aromatic heterocycles. The van der Waals surface area contributed by atoms with Crippen LogP contribution >= 0.6 is 35.3 Å². The molecule has 0 aromatic carbocycles. The van der Waals surface area contributed by atoms with Crippen LogP contribution in [-0.4, -0.2) is 30.0 Å². The molecule has 0 bridgehead atoms. The van der Waals surface area contributed by atoms with Gasteiger partial charge in [-0.05, 0) is 30.4 Å². The van der Waals surface area contributed by atoms with Crippen LogP contribution in [0.25, 0.3) is 0 Å². The molecule has 1 aromatic rings. The number of nitrogens with two attached hydrogens (primary N) is 2. The van der Waals surface area contributed by atoms with E-state index in [1.165, 1.54) is 10.4 Å². The average Bonchev–Trinajstić information content (AvgIpc) is 2.72. The summed E-state index contributed by atoms with van der Waals surface area (Å²) in [5.41, 5.74) is 12.1. The molecule has 96 valence electrons. The Kier molecular flexibility index (Phi) is 5.68. The van der Waals surface area contributed by atoms with Gasteiger partial charge in [0.1, 0.15) is 0 Å². The SMILES string of the molecule is CC(CN=C(N)N)N1CCc2sccc2C1.I. The summed E-state index contributed by atoms with van der Waals surface area (Å²) in [4.78, 5) is 8.04. The van der Waals surface area contributed by atoms with Crippen LogP contribution in [0.2, 0.25) is 0 Å². The zero-order valence-electron chi connectivity index (χ0n) is 9.93. The molecule has 0 saturated carbocycles. The molecule has 0 spiro atoms. The van der Waals surface area contributed by atoms with E-state index in [2.05, 4.69) is 28.3 Å². The van der Waals surface area contributed by atoms with Crippen molar-refractivity contribution >= 4 is 41.3 Å². The van der Waals surface area contributed by atoms with Crippen LogP contribution in [0.15, 0.2) is 16.4 Å². The van der Waals surface area contributed by atoms with Gasteiger partial charge in [0.15, 0.2) is 5.96 Å². The number of fused-ring (bicyclic) bond motifs is 1. The highest BCUT2D eigenvalue weighted by atomic mass is 127. The number of guanidine groups is 1. The third-order valence-corrected chi connectivity index (χ3v) is 4.02. The van der Waals surface area contributed by atoms with E-state index in [0.29, 0.717) is 12.6 Å². The van der Waals surface area contributed by atoms with E-state index in [9.17, 15) is 0 Å². The molecule has 2 heterocycles. The number of halogens is 1. The summed E-state index contributed by atoms with van der Waals surface area (Å²) in [7, 11) is 0. The Hall–Kier alpha value is -0.340. The Morgan fingerprint density at radius 1 is 1.59 bits per heavy atom. The van der Waals surface area contributed by atoms with Crippen LogP contribution in [0.5, 0.6) is 0 Å². The van der Waals surface area contributed by atoms with E-state index in [-0.39, 0.29) is 29.9 Å². The summed E-state index contributed by atoms with van der Waals surface area (Å²) in [5, 5.41) is 2.18. The molecule has 0 amide bonds. The summed E-state index contributed by atoms with van der Waals surface area (Å²) in [6, 6.07) is 2.62. The number of thiophene rings is 1. The minimum Gasteiger partial charge on any atom is -0.370 e. The van der Waals surface area contributed by atoms with E-state index in [1.807, 2.05) is 11.3 Å². The molecule has 6 heteroatoms. The Morgan fingerprint density at radius 2 is 2.35 bits per heavy atom. The van der Waals surface area contributed by atoms with Gasteiger partial charge in [0.25, 0.3) is 0 Å². The topological polar surface area (TPSA) is 67.6 Å². The van der Waals surface area contributed by atoms with Crippen molar-refractivity contribution in [2.75, 3.05) is 13.1 Å². The summed E-state index contributed by atoms with van der Waals surface area (Å²) in [6.07, 6.45) is 1.15. The van der Waals surface area contributed by atoms with Crippen molar-refractivity contribution in [3.63, 3.8) is 0 Å². The van der Waals surface area contributed by atoms with Crippen molar-refractivity contribution in [1.82, 2.24) is 4.90 Å². The molecule has 4 nitrogen and oxygen atoms in total. The zero-order valence-corrected chi connectivity index (χ0v) is 13.1. The fourth-order valence-corrected chi connectivity index (χ4v) is 2.89. The first kappa shape index (κ1) is 14.7. The maximum absolute atomic E-state index is 5.34. The van der Waals surface area contributed by atoms with Gasteiger partial charge in [-0.15, -0.1) is 35.3 Å². The molecule has 4 N–H and O–H groups in total. The van der Waals surface area contributed by atoms with Gasteiger partial charge in [-0.1, -0.05) is 0 Å². The Bertz CT molecular complexity index is 387. The van der Waals surface area contributed by atoms with Crippen LogP contribution in [0, 0.1) is 0 Å². The van der Waals surface area contributed by atoms with E-state index >= 15 is 0 Å². The summed E-state index contributed by atoms with van der Waals surface area (Å²) in [6.45, 7) is 4.99. The fraction of sp³-hybridized carbons (Fsp3) is 0.545. The second kappa shape index (κ2) is 6.55. The fourth-order valence-electron chi connectivity index (χ4n) is 2.00. The lowest BCUT2D eigenvalue weighted by Crippen LogP contribution is -2.39. The Labute approximate surface area is 123 Å². The number of hydrogen-bond acceptors (Lipinski definition) is 3. The number of hydrogen-bond donors (Lipinski definition) is 2. The first-order chi connectivity index (χ1) is 7.66. The van der Waals surface area contributed by atoms with Crippen LogP contribution < -0.4 is 11.5 Å². The lowest BCUT2D eigenvalue weighted by Gasteiger charge is -2.31.